The van der Waals surface area contributed by atoms with Crippen LogP contribution < -0.4 is 14.8 Å². The fourth-order valence-corrected chi connectivity index (χ4v) is 2.68. The number of halogens is 3. The standard InChI is InChI=1S/C19H18F3NO3/c1-2-9-25-16-8-7-13(19(20,21)22)11-14(16)23-18(24)17-10-12-5-3-4-6-15(12)26-17/h3-8,11,17H,2,9-10H2,1H3,(H,23,24)/t17-/m1/s1. The molecule has 4 nitrogen and oxygen atoms in total. The number of rotatable bonds is 5. The molecular formula is C19H18F3NO3. The SMILES string of the molecule is CCCOc1ccc(C(F)(F)F)cc1NC(=O)[C@H]1Cc2ccccc2O1. The Kier molecular flexibility index (Phi) is 5.06. The fraction of sp³-hybridized carbons (Fsp3) is 0.316. The molecule has 1 atom stereocenters. The molecule has 0 fully saturated rings. The van der Waals surface area contributed by atoms with Crippen LogP contribution in [0.2, 0.25) is 0 Å². The monoisotopic (exact) mass is 365 g/mol. The number of amides is 1. The van der Waals surface area contributed by atoms with Gasteiger partial charge in [-0.15, -0.1) is 0 Å². The molecule has 0 bridgehead atoms. The minimum absolute atomic E-state index is 0.0159. The van der Waals surface area contributed by atoms with Crippen LogP contribution in [0.15, 0.2) is 42.5 Å². The van der Waals surface area contributed by atoms with Gasteiger partial charge in [-0.1, -0.05) is 25.1 Å². The molecule has 1 aliphatic heterocycles. The van der Waals surface area contributed by atoms with Gasteiger partial charge in [-0.25, -0.2) is 0 Å². The first-order valence-electron chi connectivity index (χ1n) is 8.28. The molecule has 0 aliphatic carbocycles. The molecule has 7 heteroatoms. The molecule has 0 spiro atoms. The molecule has 0 radical (unpaired) electrons. The first-order chi connectivity index (χ1) is 12.4. The van der Waals surface area contributed by atoms with Gasteiger partial charge >= 0.3 is 6.18 Å². The summed E-state index contributed by atoms with van der Waals surface area (Å²) in [5, 5.41) is 2.52. The third kappa shape index (κ3) is 3.92. The zero-order valence-corrected chi connectivity index (χ0v) is 14.1. The van der Waals surface area contributed by atoms with E-state index < -0.39 is 23.8 Å². The van der Waals surface area contributed by atoms with Crippen molar-refractivity contribution in [2.45, 2.75) is 32.0 Å². The Bertz CT molecular complexity index is 780. The molecule has 1 N–H and O–H groups in total. The van der Waals surface area contributed by atoms with Gasteiger partial charge in [0.2, 0.25) is 0 Å². The number of benzene rings is 2. The van der Waals surface area contributed by atoms with Crippen LogP contribution in [0.1, 0.15) is 24.5 Å². The van der Waals surface area contributed by atoms with Gasteiger partial charge in [0.1, 0.15) is 11.5 Å². The molecule has 26 heavy (non-hydrogen) atoms. The van der Waals surface area contributed by atoms with Gasteiger partial charge < -0.3 is 14.8 Å². The number of carbonyl (C=O) groups is 1. The molecular weight excluding hydrogens is 347 g/mol. The van der Waals surface area contributed by atoms with E-state index in [4.69, 9.17) is 9.47 Å². The van der Waals surface area contributed by atoms with E-state index in [0.717, 1.165) is 17.7 Å². The number of nitrogens with one attached hydrogen (secondary N) is 1. The van der Waals surface area contributed by atoms with Gasteiger partial charge in [0, 0.05) is 6.42 Å². The van der Waals surface area contributed by atoms with Gasteiger partial charge in [-0.05, 0) is 36.2 Å². The molecule has 0 saturated carbocycles. The van der Waals surface area contributed by atoms with Crippen LogP contribution in [0, 0.1) is 0 Å². The van der Waals surface area contributed by atoms with Crippen LogP contribution in [0.3, 0.4) is 0 Å². The van der Waals surface area contributed by atoms with Crippen LogP contribution in [0.5, 0.6) is 11.5 Å². The van der Waals surface area contributed by atoms with Gasteiger partial charge in [0.15, 0.2) is 6.10 Å². The summed E-state index contributed by atoms with van der Waals surface area (Å²) in [6, 6.07) is 10.3. The van der Waals surface area contributed by atoms with Crippen LogP contribution in [-0.4, -0.2) is 18.6 Å². The number of ether oxygens (including phenoxy) is 2. The van der Waals surface area contributed by atoms with Crippen molar-refractivity contribution in [2.24, 2.45) is 0 Å². The van der Waals surface area contributed by atoms with E-state index >= 15 is 0 Å². The van der Waals surface area contributed by atoms with Crippen LogP contribution in [0.25, 0.3) is 0 Å². The Morgan fingerprint density at radius 2 is 2.04 bits per heavy atom. The Balaban J connectivity index is 1.80. The summed E-state index contributed by atoms with van der Waals surface area (Å²) in [6.45, 7) is 2.21. The van der Waals surface area contributed by atoms with Crippen molar-refractivity contribution >= 4 is 11.6 Å². The zero-order chi connectivity index (χ0) is 18.7. The maximum atomic E-state index is 13.0. The number of alkyl halides is 3. The van der Waals surface area contributed by atoms with Crippen molar-refractivity contribution in [2.75, 3.05) is 11.9 Å². The summed E-state index contributed by atoms with van der Waals surface area (Å²) in [5.74, 6) is 0.296. The lowest BCUT2D eigenvalue weighted by atomic mass is 10.1. The van der Waals surface area contributed by atoms with Gasteiger partial charge in [-0.3, -0.25) is 4.79 Å². The van der Waals surface area contributed by atoms with E-state index in [1.807, 2.05) is 19.1 Å². The van der Waals surface area contributed by atoms with Crippen LogP contribution >= 0.6 is 0 Å². The predicted octanol–water partition coefficient (Wildman–Crippen LogP) is 4.44. The second kappa shape index (κ2) is 7.27. The third-order valence-corrected chi connectivity index (χ3v) is 3.97. The number of fused-ring (bicyclic) bond motifs is 1. The van der Waals surface area contributed by atoms with Crippen LogP contribution in [0.4, 0.5) is 18.9 Å². The molecule has 3 rings (SSSR count). The normalized spacial score (nSPS) is 15.9. The Morgan fingerprint density at radius 3 is 2.73 bits per heavy atom. The highest BCUT2D eigenvalue weighted by Crippen LogP contribution is 2.36. The molecule has 1 aliphatic rings. The zero-order valence-electron chi connectivity index (χ0n) is 14.1. The number of para-hydroxylation sites is 1. The molecule has 1 heterocycles. The van der Waals surface area contributed by atoms with Crippen LogP contribution in [-0.2, 0) is 17.4 Å². The van der Waals surface area contributed by atoms with Crippen molar-refractivity contribution in [1.29, 1.82) is 0 Å². The Morgan fingerprint density at radius 1 is 1.27 bits per heavy atom. The summed E-state index contributed by atoms with van der Waals surface area (Å²) in [5.41, 5.74) is 0.0178. The molecule has 1 amide bonds. The second-order valence-electron chi connectivity index (χ2n) is 5.96. The highest BCUT2D eigenvalue weighted by Gasteiger charge is 2.33. The highest BCUT2D eigenvalue weighted by atomic mass is 19.4. The van der Waals surface area contributed by atoms with Gasteiger partial charge in [-0.2, -0.15) is 13.2 Å². The maximum Gasteiger partial charge on any atom is 0.416 e. The van der Waals surface area contributed by atoms with E-state index in [9.17, 15) is 18.0 Å². The van der Waals surface area contributed by atoms with Crippen molar-refractivity contribution in [3.05, 3.63) is 53.6 Å². The van der Waals surface area contributed by atoms with E-state index in [1.165, 1.54) is 6.07 Å². The third-order valence-electron chi connectivity index (χ3n) is 3.97. The largest absolute Gasteiger partial charge is 0.491 e. The molecule has 0 unspecified atom stereocenters. The van der Waals surface area contributed by atoms with E-state index in [0.29, 0.717) is 25.2 Å². The summed E-state index contributed by atoms with van der Waals surface area (Å²) in [7, 11) is 0. The number of anilines is 1. The summed E-state index contributed by atoms with van der Waals surface area (Å²) in [6.07, 6.45) is -4.24. The summed E-state index contributed by atoms with van der Waals surface area (Å²) < 4.78 is 50.0. The van der Waals surface area contributed by atoms with E-state index in [2.05, 4.69) is 5.32 Å². The minimum atomic E-state index is -4.51. The quantitative estimate of drug-likeness (QED) is 0.852. The lowest BCUT2D eigenvalue weighted by molar-refractivity contribution is -0.137. The van der Waals surface area contributed by atoms with E-state index in [1.54, 1.807) is 12.1 Å². The minimum Gasteiger partial charge on any atom is -0.491 e. The second-order valence-corrected chi connectivity index (χ2v) is 5.96. The summed E-state index contributed by atoms with van der Waals surface area (Å²) >= 11 is 0. The van der Waals surface area contributed by atoms with Gasteiger partial charge in [0.05, 0.1) is 17.9 Å². The lowest BCUT2D eigenvalue weighted by Crippen LogP contribution is -2.31. The molecule has 0 saturated heterocycles. The van der Waals surface area contributed by atoms with Gasteiger partial charge in [0.25, 0.3) is 5.91 Å². The van der Waals surface area contributed by atoms with Crippen molar-refractivity contribution in [3.63, 3.8) is 0 Å². The fourth-order valence-electron chi connectivity index (χ4n) is 2.68. The number of carbonyl (C=O) groups excluding carboxylic acids is 1. The Hall–Kier alpha value is -2.70. The summed E-state index contributed by atoms with van der Waals surface area (Å²) in [4.78, 5) is 12.5. The lowest BCUT2D eigenvalue weighted by Gasteiger charge is -2.17. The predicted molar refractivity (Wildman–Crippen MR) is 90.4 cm³/mol. The Labute approximate surface area is 148 Å². The molecule has 138 valence electrons. The van der Waals surface area contributed by atoms with Crippen molar-refractivity contribution < 1.29 is 27.4 Å². The van der Waals surface area contributed by atoms with E-state index in [-0.39, 0.29) is 11.4 Å². The number of hydrogen-bond acceptors (Lipinski definition) is 3. The highest BCUT2D eigenvalue weighted by molar-refractivity contribution is 5.96. The average molecular weight is 365 g/mol. The molecule has 2 aromatic rings. The smallest absolute Gasteiger partial charge is 0.416 e. The first kappa shape index (κ1) is 18.1. The maximum absolute atomic E-state index is 13.0. The topological polar surface area (TPSA) is 47.6 Å². The van der Waals surface area contributed by atoms with Crippen molar-refractivity contribution in [1.82, 2.24) is 0 Å². The first-order valence-corrected chi connectivity index (χ1v) is 8.28. The molecule has 0 aromatic heterocycles. The number of hydrogen-bond donors (Lipinski definition) is 1. The average Bonchev–Trinajstić information content (AvgIpc) is 3.04. The molecule has 2 aromatic carbocycles. The van der Waals surface area contributed by atoms with Crippen molar-refractivity contribution in [3.8, 4) is 11.5 Å².